The Kier molecular flexibility index (Phi) is 9.34. The van der Waals surface area contributed by atoms with E-state index in [2.05, 4.69) is 17.2 Å². The average molecular weight is 516 g/mol. The van der Waals surface area contributed by atoms with Crippen LogP contribution in [0.3, 0.4) is 0 Å². The van der Waals surface area contributed by atoms with Crippen molar-refractivity contribution in [3.8, 4) is 17.6 Å². The maximum Gasteiger partial charge on any atom is 0.268 e. The van der Waals surface area contributed by atoms with E-state index in [1.54, 1.807) is 37.6 Å². The standard InChI is InChI=1S/C25H23Cl2N3O3S/c1-3-4-10-33-21-9-8-16(12-22(21)32-2)11-18(14-28)24(31)30-25-29-15-19(34-25)13-17-6-5-7-20(26)23(17)27/h5-9,11-12,15H,3-4,10,13H2,1-2H3,(H,29,30,31). The van der Waals surface area contributed by atoms with Gasteiger partial charge in [-0.15, -0.1) is 11.3 Å². The number of benzene rings is 2. The summed E-state index contributed by atoms with van der Waals surface area (Å²) in [7, 11) is 1.55. The highest BCUT2D eigenvalue weighted by atomic mass is 35.5. The number of carbonyl (C=O) groups excluding carboxylic acids is 1. The van der Waals surface area contributed by atoms with Gasteiger partial charge in [-0.3, -0.25) is 10.1 Å². The van der Waals surface area contributed by atoms with Crippen LogP contribution in [-0.2, 0) is 11.2 Å². The first-order valence-electron chi connectivity index (χ1n) is 10.6. The van der Waals surface area contributed by atoms with Crippen LogP contribution in [0.4, 0.5) is 5.13 Å². The number of hydrogen-bond donors (Lipinski definition) is 1. The van der Waals surface area contributed by atoms with Gasteiger partial charge in [0.25, 0.3) is 5.91 Å². The monoisotopic (exact) mass is 515 g/mol. The first kappa shape index (κ1) is 25.6. The second-order valence-electron chi connectivity index (χ2n) is 7.26. The van der Waals surface area contributed by atoms with Crippen molar-refractivity contribution in [2.75, 3.05) is 19.0 Å². The normalized spacial score (nSPS) is 11.1. The minimum Gasteiger partial charge on any atom is -0.493 e. The van der Waals surface area contributed by atoms with Gasteiger partial charge in [0.1, 0.15) is 11.6 Å². The fourth-order valence-electron chi connectivity index (χ4n) is 3.02. The highest BCUT2D eigenvalue weighted by molar-refractivity contribution is 7.15. The predicted molar refractivity (Wildman–Crippen MR) is 137 cm³/mol. The molecule has 176 valence electrons. The van der Waals surface area contributed by atoms with Crippen molar-refractivity contribution in [2.45, 2.75) is 26.2 Å². The molecule has 1 amide bonds. The molecule has 1 heterocycles. The number of carbonyl (C=O) groups is 1. The number of nitriles is 1. The summed E-state index contributed by atoms with van der Waals surface area (Å²) < 4.78 is 11.1. The number of rotatable bonds is 10. The molecule has 0 radical (unpaired) electrons. The molecule has 6 nitrogen and oxygen atoms in total. The molecule has 0 aliphatic heterocycles. The molecule has 1 aromatic heterocycles. The molecule has 0 unspecified atom stereocenters. The van der Waals surface area contributed by atoms with Gasteiger partial charge in [-0.2, -0.15) is 5.26 Å². The van der Waals surface area contributed by atoms with E-state index in [9.17, 15) is 10.1 Å². The Labute approximate surface area is 212 Å². The summed E-state index contributed by atoms with van der Waals surface area (Å²) in [6.45, 7) is 2.68. The van der Waals surface area contributed by atoms with E-state index in [0.29, 0.717) is 45.3 Å². The third kappa shape index (κ3) is 6.73. The SMILES string of the molecule is CCCCOc1ccc(C=C(C#N)C(=O)Nc2ncc(Cc3cccc(Cl)c3Cl)s2)cc1OC. The van der Waals surface area contributed by atoms with E-state index >= 15 is 0 Å². The minimum absolute atomic E-state index is 0.0589. The van der Waals surface area contributed by atoms with Gasteiger partial charge in [-0.05, 0) is 41.8 Å². The predicted octanol–water partition coefficient (Wildman–Crippen LogP) is 6.77. The van der Waals surface area contributed by atoms with Crippen LogP contribution in [0.5, 0.6) is 11.5 Å². The Balaban J connectivity index is 1.70. The van der Waals surface area contributed by atoms with Crippen molar-refractivity contribution in [1.82, 2.24) is 4.98 Å². The van der Waals surface area contributed by atoms with Gasteiger partial charge in [0, 0.05) is 17.5 Å². The van der Waals surface area contributed by atoms with Gasteiger partial charge in [-0.25, -0.2) is 4.98 Å². The second kappa shape index (κ2) is 12.4. The van der Waals surface area contributed by atoms with Gasteiger partial charge in [-0.1, -0.05) is 54.7 Å². The Morgan fingerprint density at radius 3 is 2.82 bits per heavy atom. The number of thiazole rings is 1. The maximum atomic E-state index is 12.7. The molecule has 1 N–H and O–H groups in total. The number of halogens is 2. The van der Waals surface area contributed by atoms with Crippen LogP contribution in [0, 0.1) is 11.3 Å². The van der Waals surface area contributed by atoms with Crippen LogP contribution in [0.2, 0.25) is 10.0 Å². The molecule has 2 aromatic carbocycles. The number of hydrogen-bond acceptors (Lipinski definition) is 6. The summed E-state index contributed by atoms with van der Waals surface area (Å²) in [5.74, 6) is 0.601. The number of nitrogens with zero attached hydrogens (tertiary/aromatic N) is 2. The smallest absolute Gasteiger partial charge is 0.268 e. The maximum absolute atomic E-state index is 12.7. The van der Waals surface area contributed by atoms with Gasteiger partial charge >= 0.3 is 0 Å². The fraction of sp³-hybridized carbons (Fsp3) is 0.240. The molecule has 0 spiro atoms. The lowest BCUT2D eigenvalue weighted by Gasteiger charge is -2.11. The van der Waals surface area contributed by atoms with Gasteiger partial charge in [0.15, 0.2) is 16.6 Å². The number of unbranched alkanes of at least 4 members (excludes halogenated alkanes) is 1. The van der Waals surface area contributed by atoms with Crippen molar-refractivity contribution in [1.29, 1.82) is 5.26 Å². The zero-order valence-corrected chi connectivity index (χ0v) is 21.1. The number of methoxy groups -OCH3 is 1. The van der Waals surface area contributed by atoms with Crippen molar-refractivity contribution in [3.05, 3.63) is 74.2 Å². The van der Waals surface area contributed by atoms with Gasteiger partial charge in [0.2, 0.25) is 0 Å². The number of nitrogens with one attached hydrogen (secondary N) is 1. The summed E-state index contributed by atoms with van der Waals surface area (Å²) in [5.41, 5.74) is 1.45. The van der Waals surface area contributed by atoms with E-state index in [1.165, 1.54) is 17.4 Å². The largest absolute Gasteiger partial charge is 0.493 e. The summed E-state index contributed by atoms with van der Waals surface area (Å²) in [4.78, 5) is 17.8. The lowest BCUT2D eigenvalue weighted by Crippen LogP contribution is -2.13. The zero-order valence-electron chi connectivity index (χ0n) is 18.7. The average Bonchev–Trinajstić information content (AvgIpc) is 3.27. The third-order valence-electron chi connectivity index (χ3n) is 4.79. The lowest BCUT2D eigenvalue weighted by molar-refractivity contribution is -0.112. The Hall–Kier alpha value is -3.05. The Bertz CT molecular complexity index is 1230. The number of anilines is 1. The quantitative estimate of drug-likeness (QED) is 0.183. The molecule has 0 saturated heterocycles. The zero-order chi connectivity index (χ0) is 24.5. The van der Waals surface area contributed by atoms with Crippen LogP contribution in [0.25, 0.3) is 6.08 Å². The molecular formula is C25H23Cl2N3O3S. The minimum atomic E-state index is -0.550. The highest BCUT2D eigenvalue weighted by Gasteiger charge is 2.14. The summed E-state index contributed by atoms with van der Waals surface area (Å²) in [5, 5.41) is 13.6. The summed E-state index contributed by atoms with van der Waals surface area (Å²) >= 11 is 13.6. The summed E-state index contributed by atoms with van der Waals surface area (Å²) in [6, 6.07) is 12.6. The molecule has 0 atom stereocenters. The van der Waals surface area contributed by atoms with Crippen molar-refractivity contribution in [3.63, 3.8) is 0 Å². The van der Waals surface area contributed by atoms with Crippen LogP contribution in [-0.4, -0.2) is 24.6 Å². The molecule has 3 aromatic rings. The Morgan fingerprint density at radius 2 is 2.09 bits per heavy atom. The van der Waals surface area contributed by atoms with Crippen molar-refractivity contribution in [2.24, 2.45) is 0 Å². The van der Waals surface area contributed by atoms with E-state index in [1.807, 2.05) is 18.2 Å². The van der Waals surface area contributed by atoms with Gasteiger partial charge in [0.05, 0.1) is 23.8 Å². The molecule has 0 aliphatic rings. The molecule has 9 heteroatoms. The number of ether oxygens (including phenoxy) is 2. The van der Waals surface area contributed by atoms with Crippen molar-refractivity contribution < 1.29 is 14.3 Å². The Morgan fingerprint density at radius 1 is 1.26 bits per heavy atom. The molecular weight excluding hydrogens is 493 g/mol. The number of aromatic nitrogens is 1. The topological polar surface area (TPSA) is 84.2 Å². The molecule has 3 rings (SSSR count). The summed E-state index contributed by atoms with van der Waals surface area (Å²) in [6.07, 6.45) is 5.65. The molecule has 0 fully saturated rings. The van der Waals surface area contributed by atoms with E-state index in [0.717, 1.165) is 23.3 Å². The van der Waals surface area contributed by atoms with Crippen LogP contribution >= 0.6 is 34.5 Å². The highest BCUT2D eigenvalue weighted by Crippen LogP contribution is 2.31. The van der Waals surface area contributed by atoms with Gasteiger partial charge < -0.3 is 9.47 Å². The first-order valence-corrected chi connectivity index (χ1v) is 12.1. The number of amides is 1. The van der Waals surface area contributed by atoms with E-state index in [-0.39, 0.29) is 5.57 Å². The van der Waals surface area contributed by atoms with E-state index in [4.69, 9.17) is 32.7 Å². The van der Waals surface area contributed by atoms with Crippen LogP contribution in [0.1, 0.15) is 35.8 Å². The van der Waals surface area contributed by atoms with Crippen molar-refractivity contribution >= 4 is 51.7 Å². The van der Waals surface area contributed by atoms with Crippen LogP contribution in [0.15, 0.2) is 48.2 Å². The molecule has 0 saturated carbocycles. The first-order chi connectivity index (χ1) is 16.4. The molecule has 0 aliphatic carbocycles. The molecule has 0 bridgehead atoms. The third-order valence-corrected chi connectivity index (χ3v) is 6.56. The molecule has 34 heavy (non-hydrogen) atoms. The second-order valence-corrected chi connectivity index (χ2v) is 9.16. The van der Waals surface area contributed by atoms with Crippen LogP contribution < -0.4 is 14.8 Å². The van der Waals surface area contributed by atoms with E-state index < -0.39 is 5.91 Å². The fourth-order valence-corrected chi connectivity index (χ4v) is 4.24. The lowest BCUT2D eigenvalue weighted by atomic mass is 10.1.